The van der Waals surface area contributed by atoms with E-state index in [0.29, 0.717) is 0 Å². The summed E-state index contributed by atoms with van der Waals surface area (Å²) in [6.07, 6.45) is -0.697. The third-order valence-corrected chi connectivity index (χ3v) is 2.64. The summed E-state index contributed by atoms with van der Waals surface area (Å²) in [6.45, 7) is 0. The average molecular weight is 326 g/mol. The predicted octanol–water partition coefficient (Wildman–Crippen LogP) is 0.907. The summed E-state index contributed by atoms with van der Waals surface area (Å²) in [5, 5.41) is 3.52. The fraction of sp³-hybridized carbons (Fsp3) is 0.286. The number of carbonyl (C=O) groups excluding carboxylic acids is 3. The molecule has 1 aromatic carbocycles. The number of benzene rings is 1. The Morgan fingerprint density at radius 1 is 1.17 bits per heavy atom. The smallest absolute Gasteiger partial charge is 0.362 e. The van der Waals surface area contributed by atoms with Gasteiger partial charge in [-0.3, -0.25) is 15.0 Å². The van der Waals surface area contributed by atoms with Gasteiger partial charge in [-0.2, -0.15) is 5.10 Å². The molecular formula is C14H15FN2O6. The fourth-order valence-corrected chi connectivity index (χ4v) is 1.44. The van der Waals surface area contributed by atoms with Crippen LogP contribution in [0.2, 0.25) is 0 Å². The number of nitrogens with one attached hydrogen (secondary N) is 1. The number of ether oxygens (including phenoxy) is 3. The molecule has 0 aliphatic heterocycles. The van der Waals surface area contributed by atoms with Gasteiger partial charge >= 0.3 is 11.9 Å². The van der Waals surface area contributed by atoms with E-state index >= 15 is 0 Å². The zero-order valence-corrected chi connectivity index (χ0v) is 12.7. The fourth-order valence-electron chi connectivity index (χ4n) is 1.44. The van der Waals surface area contributed by atoms with Crippen molar-refractivity contribution < 1.29 is 33.0 Å². The van der Waals surface area contributed by atoms with E-state index in [1.54, 1.807) is 0 Å². The highest BCUT2D eigenvalue weighted by molar-refractivity contribution is 6.65. The van der Waals surface area contributed by atoms with Crippen molar-refractivity contribution in [3.63, 3.8) is 0 Å². The highest BCUT2D eigenvalue weighted by Gasteiger charge is 2.24. The zero-order valence-electron chi connectivity index (χ0n) is 12.7. The van der Waals surface area contributed by atoms with E-state index in [0.717, 1.165) is 20.3 Å². The largest absolute Gasteiger partial charge is 0.497 e. The Labute approximate surface area is 131 Å². The van der Waals surface area contributed by atoms with Gasteiger partial charge in [0.05, 0.1) is 27.0 Å². The highest BCUT2D eigenvalue weighted by Crippen LogP contribution is 2.20. The molecule has 0 radical (unpaired) electrons. The Morgan fingerprint density at radius 3 is 2.39 bits per heavy atom. The summed E-state index contributed by atoms with van der Waals surface area (Å²) < 4.78 is 27.3. The second-order valence-electron chi connectivity index (χ2n) is 4.09. The highest BCUT2D eigenvalue weighted by atomic mass is 19.1. The molecule has 0 saturated heterocycles. The number of halogens is 1. The van der Waals surface area contributed by atoms with E-state index in [2.05, 4.69) is 20.0 Å². The van der Waals surface area contributed by atoms with Crippen LogP contribution in [0.4, 0.5) is 10.1 Å². The monoisotopic (exact) mass is 326 g/mol. The lowest BCUT2D eigenvalue weighted by Gasteiger charge is -2.07. The molecule has 0 aromatic heterocycles. The minimum atomic E-state index is -1.07. The lowest BCUT2D eigenvalue weighted by molar-refractivity contribution is -0.142. The summed E-state index contributed by atoms with van der Waals surface area (Å²) in [7, 11) is 3.51. The number of hydrogen-bond donors (Lipinski definition) is 1. The van der Waals surface area contributed by atoms with Crippen molar-refractivity contribution in [3.8, 4) is 5.75 Å². The first-order chi connectivity index (χ1) is 10.9. The number of hydrogen-bond acceptors (Lipinski definition) is 8. The van der Waals surface area contributed by atoms with Crippen LogP contribution >= 0.6 is 0 Å². The molecule has 0 heterocycles. The third kappa shape index (κ3) is 5.06. The third-order valence-electron chi connectivity index (χ3n) is 2.64. The van der Waals surface area contributed by atoms with Gasteiger partial charge in [-0.05, 0) is 12.1 Å². The summed E-state index contributed by atoms with van der Waals surface area (Å²) in [5.41, 5.74) is 1.45. The summed E-state index contributed by atoms with van der Waals surface area (Å²) in [6, 6.07) is 3.85. The second-order valence-corrected chi connectivity index (χ2v) is 4.09. The van der Waals surface area contributed by atoms with Crippen molar-refractivity contribution in [1.82, 2.24) is 0 Å². The van der Waals surface area contributed by atoms with Gasteiger partial charge < -0.3 is 14.2 Å². The summed E-state index contributed by atoms with van der Waals surface area (Å²) >= 11 is 0. The topological polar surface area (TPSA) is 103 Å². The molecule has 0 spiro atoms. The summed E-state index contributed by atoms with van der Waals surface area (Å²) in [5.74, 6) is -3.27. The number of Topliss-reactive ketones (excluding diaryl/α,β-unsaturated/α-hetero) is 1. The molecule has 0 saturated carbocycles. The van der Waals surface area contributed by atoms with Crippen LogP contribution in [-0.4, -0.2) is 44.8 Å². The molecule has 0 atom stereocenters. The van der Waals surface area contributed by atoms with Crippen LogP contribution in [-0.2, 0) is 23.9 Å². The lowest BCUT2D eigenvalue weighted by Crippen LogP contribution is -2.28. The molecule has 8 nitrogen and oxygen atoms in total. The van der Waals surface area contributed by atoms with Crippen molar-refractivity contribution in [2.45, 2.75) is 6.42 Å². The second kappa shape index (κ2) is 8.47. The number of rotatable bonds is 7. The van der Waals surface area contributed by atoms with Gasteiger partial charge in [0.2, 0.25) is 11.5 Å². The molecule has 23 heavy (non-hydrogen) atoms. The first-order valence-corrected chi connectivity index (χ1v) is 6.28. The maximum Gasteiger partial charge on any atom is 0.362 e. The first kappa shape index (κ1) is 18.1. The van der Waals surface area contributed by atoms with Gasteiger partial charge in [-0.25, -0.2) is 9.18 Å². The molecule has 0 amide bonds. The van der Waals surface area contributed by atoms with Gasteiger partial charge in [0, 0.05) is 6.07 Å². The Kier molecular flexibility index (Phi) is 6.66. The first-order valence-electron chi connectivity index (χ1n) is 6.28. The molecule has 1 aromatic rings. The minimum Gasteiger partial charge on any atom is -0.497 e. The molecule has 0 aliphatic carbocycles. The molecule has 0 unspecified atom stereocenters. The van der Waals surface area contributed by atoms with Gasteiger partial charge in [-0.1, -0.05) is 0 Å². The number of anilines is 1. The molecule has 124 valence electrons. The molecule has 0 aliphatic rings. The van der Waals surface area contributed by atoms with E-state index in [-0.39, 0.29) is 11.4 Å². The van der Waals surface area contributed by atoms with Gasteiger partial charge in [0.25, 0.3) is 0 Å². The number of hydrazone groups is 1. The van der Waals surface area contributed by atoms with Gasteiger partial charge in [0.1, 0.15) is 12.2 Å². The van der Waals surface area contributed by atoms with Crippen molar-refractivity contribution in [1.29, 1.82) is 0 Å². The van der Waals surface area contributed by atoms with Crippen LogP contribution in [0.5, 0.6) is 5.75 Å². The average Bonchev–Trinajstić information content (AvgIpc) is 2.55. The van der Waals surface area contributed by atoms with E-state index in [4.69, 9.17) is 4.74 Å². The number of esters is 2. The molecule has 1 N–H and O–H groups in total. The van der Waals surface area contributed by atoms with Crippen molar-refractivity contribution >= 4 is 29.1 Å². The minimum absolute atomic E-state index is 0.0990. The van der Waals surface area contributed by atoms with E-state index in [1.165, 1.54) is 19.2 Å². The van der Waals surface area contributed by atoms with Crippen molar-refractivity contribution in [2.24, 2.45) is 5.10 Å². The number of ketones is 1. The van der Waals surface area contributed by atoms with Gasteiger partial charge in [-0.15, -0.1) is 0 Å². The Morgan fingerprint density at radius 2 is 1.87 bits per heavy atom. The summed E-state index contributed by atoms with van der Waals surface area (Å²) in [4.78, 5) is 34.5. The molecule has 0 fully saturated rings. The molecule has 1 rings (SSSR count). The molecule has 9 heteroatoms. The predicted molar refractivity (Wildman–Crippen MR) is 77.7 cm³/mol. The van der Waals surface area contributed by atoms with Crippen molar-refractivity contribution in [3.05, 3.63) is 24.0 Å². The van der Waals surface area contributed by atoms with Crippen LogP contribution in [0.1, 0.15) is 6.42 Å². The zero-order chi connectivity index (χ0) is 17.4. The van der Waals surface area contributed by atoms with Crippen molar-refractivity contribution in [2.75, 3.05) is 26.8 Å². The maximum atomic E-state index is 13.7. The van der Waals surface area contributed by atoms with Crippen LogP contribution in [0.3, 0.4) is 0 Å². The van der Waals surface area contributed by atoms with Crippen LogP contribution in [0, 0.1) is 5.82 Å². The molecule has 0 bridgehead atoms. The standard InChI is InChI=1S/C14H15FN2O6/c1-21-8-4-5-10(9(15)6-8)16-17-13(14(20)23-3)11(18)7-12(19)22-2/h4-6,16H,7H2,1-3H3/b17-13+. The van der Waals surface area contributed by atoms with Crippen LogP contribution < -0.4 is 10.2 Å². The SMILES string of the molecule is COC(=O)CC(=O)/C(=N\Nc1ccc(OC)cc1F)C(=O)OC. The van der Waals surface area contributed by atoms with E-state index in [9.17, 15) is 18.8 Å². The quantitative estimate of drug-likeness (QED) is 0.344. The number of methoxy groups -OCH3 is 3. The molecular weight excluding hydrogens is 311 g/mol. The van der Waals surface area contributed by atoms with E-state index in [1.807, 2.05) is 0 Å². The number of nitrogens with zero attached hydrogens (tertiary/aromatic N) is 1. The van der Waals surface area contributed by atoms with Gasteiger partial charge in [0.15, 0.2) is 5.82 Å². The number of carbonyl (C=O) groups is 3. The van der Waals surface area contributed by atoms with Crippen LogP contribution in [0.25, 0.3) is 0 Å². The normalized spacial score (nSPS) is 10.7. The Balaban J connectivity index is 2.99. The maximum absolute atomic E-state index is 13.7. The van der Waals surface area contributed by atoms with E-state index < -0.39 is 35.7 Å². The lowest BCUT2D eigenvalue weighted by atomic mass is 10.2. The Bertz CT molecular complexity index is 644. The van der Waals surface area contributed by atoms with Crippen LogP contribution in [0.15, 0.2) is 23.3 Å². The Hall–Kier alpha value is -2.97.